The molecular weight excluding hydrogens is 200 g/mol. The van der Waals surface area contributed by atoms with Gasteiger partial charge in [0.15, 0.2) is 0 Å². The lowest BCUT2D eigenvalue weighted by Gasteiger charge is -1.95. The number of hydrogen-bond donors (Lipinski definition) is 0. The van der Waals surface area contributed by atoms with E-state index in [4.69, 9.17) is 23.7 Å². The van der Waals surface area contributed by atoms with Crippen LogP contribution in [0.2, 0.25) is 0 Å². The summed E-state index contributed by atoms with van der Waals surface area (Å²) >= 11 is 0. The second-order valence-electron chi connectivity index (χ2n) is 3.86. The van der Waals surface area contributed by atoms with Gasteiger partial charge < -0.3 is 23.7 Å². The van der Waals surface area contributed by atoms with Gasteiger partial charge in [0.25, 0.3) is 0 Å². The first kappa shape index (κ1) is 11.3. The fourth-order valence-electron chi connectivity index (χ4n) is 1.01. The normalized spacial score (nSPS) is 35.4. The summed E-state index contributed by atoms with van der Waals surface area (Å²) in [5.41, 5.74) is 0. The summed E-state index contributed by atoms with van der Waals surface area (Å²) in [5.74, 6) is 0. The zero-order chi connectivity index (χ0) is 10.5. The molecule has 0 spiro atoms. The summed E-state index contributed by atoms with van der Waals surface area (Å²) in [6.07, 6.45) is 1.21. The van der Waals surface area contributed by atoms with Crippen LogP contribution in [0.4, 0.5) is 0 Å². The summed E-state index contributed by atoms with van der Waals surface area (Å²) in [7, 11) is 1.68. The number of epoxide rings is 3. The highest BCUT2D eigenvalue weighted by Gasteiger charge is 2.26. The Morgan fingerprint density at radius 1 is 0.867 bits per heavy atom. The van der Waals surface area contributed by atoms with E-state index in [1.165, 1.54) is 0 Å². The van der Waals surface area contributed by atoms with Crippen molar-refractivity contribution in [1.82, 2.24) is 0 Å². The summed E-state index contributed by atoms with van der Waals surface area (Å²) < 4.78 is 24.7. The van der Waals surface area contributed by atoms with E-state index in [1.807, 2.05) is 0 Å². The van der Waals surface area contributed by atoms with Gasteiger partial charge in [-0.15, -0.1) is 0 Å². The third-order valence-electron chi connectivity index (χ3n) is 2.17. The van der Waals surface area contributed by atoms with Crippen LogP contribution < -0.4 is 0 Å². The van der Waals surface area contributed by atoms with Crippen molar-refractivity contribution in [3.63, 3.8) is 0 Å². The maximum absolute atomic E-state index is 5.23. The second kappa shape index (κ2) is 5.77. The van der Waals surface area contributed by atoms with Gasteiger partial charge >= 0.3 is 0 Å². The minimum absolute atomic E-state index is 0.392. The molecule has 0 aromatic carbocycles. The molecule has 0 bridgehead atoms. The maximum atomic E-state index is 5.23. The molecule has 3 atom stereocenters. The van der Waals surface area contributed by atoms with E-state index >= 15 is 0 Å². The molecule has 3 heterocycles. The molecule has 0 saturated carbocycles. The molecule has 0 aromatic rings. The molecule has 3 unspecified atom stereocenters. The average Bonchev–Trinajstić information content (AvgIpc) is 3.08. The van der Waals surface area contributed by atoms with Crippen molar-refractivity contribution in [3.8, 4) is 0 Å². The molecule has 3 fully saturated rings. The van der Waals surface area contributed by atoms with Crippen LogP contribution >= 0.6 is 0 Å². The molecule has 88 valence electrons. The molecule has 0 radical (unpaired) electrons. The van der Waals surface area contributed by atoms with E-state index in [0.29, 0.717) is 18.3 Å². The topological polar surface area (TPSA) is 56.0 Å². The van der Waals surface area contributed by atoms with Gasteiger partial charge in [-0.3, -0.25) is 0 Å². The molecule has 3 saturated heterocycles. The van der Waals surface area contributed by atoms with Crippen LogP contribution in [0, 0.1) is 0 Å². The molecule has 0 amide bonds. The fraction of sp³-hybridized carbons (Fsp3) is 1.00. The molecular formula is C10H18O5. The van der Waals surface area contributed by atoms with Crippen LogP contribution in [0.5, 0.6) is 0 Å². The Morgan fingerprint density at radius 2 is 1.27 bits per heavy atom. The fourth-order valence-corrected chi connectivity index (χ4v) is 1.01. The quantitative estimate of drug-likeness (QED) is 0.579. The van der Waals surface area contributed by atoms with Crippen LogP contribution in [0.3, 0.4) is 0 Å². The van der Waals surface area contributed by atoms with Gasteiger partial charge in [-0.1, -0.05) is 0 Å². The van der Waals surface area contributed by atoms with Crippen molar-refractivity contribution in [3.05, 3.63) is 0 Å². The molecule has 0 aromatic heterocycles. The van der Waals surface area contributed by atoms with Gasteiger partial charge in [0.2, 0.25) is 0 Å². The number of ether oxygens (including phenoxy) is 5. The highest BCUT2D eigenvalue weighted by molar-refractivity contribution is 4.71. The van der Waals surface area contributed by atoms with Gasteiger partial charge in [-0.05, 0) is 0 Å². The van der Waals surface area contributed by atoms with E-state index in [0.717, 1.165) is 39.6 Å². The first-order chi connectivity index (χ1) is 7.38. The van der Waals surface area contributed by atoms with Crippen molar-refractivity contribution in [1.29, 1.82) is 0 Å². The van der Waals surface area contributed by atoms with Crippen molar-refractivity contribution in [2.75, 3.05) is 46.8 Å². The van der Waals surface area contributed by atoms with E-state index in [1.54, 1.807) is 7.11 Å². The third kappa shape index (κ3) is 6.06. The highest BCUT2D eigenvalue weighted by Crippen LogP contribution is 2.12. The molecule has 0 N–H and O–H groups in total. The summed E-state index contributed by atoms with van der Waals surface area (Å²) in [6.45, 7) is 4.92. The van der Waals surface area contributed by atoms with E-state index in [-0.39, 0.29) is 0 Å². The minimum atomic E-state index is 0.392. The highest BCUT2D eigenvalue weighted by atomic mass is 16.6. The van der Waals surface area contributed by atoms with E-state index in [2.05, 4.69) is 0 Å². The van der Waals surface area contributed by atoms with Gasteiger partial charge in [0, 0.05) is 7.11 Å². The molecule has 0 aliphatic carbocycles. The predicted octanol–water partition coefficient (Wildman–Crippen LogP) is -0.168. The first-order valence-electron chi connectivity index (χ1n) is 5.30. The first-order valence-corrected chi connectivity index (χ1v) is 5.30. The Hall–Kier alpha value is -0.200. The molecule has 15 heavy (non-hydrogen) atoms. The Kier molecular flexibility index (Phi) is 4.34. The second-order valence-corrected chi connectivity index (χ2v) is 3.86. The van der Waals surface area contributed by atoms with Crippen molar-refractivity contribution in [2.45, 2.75) is 18.3 Å². The van der Waals surface area contributed by atoms with Gasteiger partial charge in [0.05, 0.1) is 39.6 Å². The smallest absolute Gasteiger partial charge is 0.104 e. The molecule has 3 rings (SSSR count). The summed E-state index contributed by atoms with van der Waals surface area (Å²) in [4.78, 5) is 0. The molecule has 3 aliphatic heterocycles. The van der Waals surface area contributed by atoms with Gasteiger partial charge in [-0.2, -0.15) is 0 Å². The number of hydrogen-bond acceptors (Lipinski definition) is 5. The zero-order valence-electron chi connectivity index (χ0n) is 9.02. The van der Waals surface area contributed by atoms with Crippen LogP contribution in [-0.2, 0) is 23.7 Å². The van der Waals surface area contributed by atoms with Gasteiger partial charge in [0.1, 0.15) is 18.3 Å². The van der Waals surface area contributed by atoms with Crippen molar-refractivity contribution < 1.29 is 23.7 Å². The van der Waals surface area contributed by atoms with Crippen LogP contribution in [0.15, 0.2) is 0 Å². The molecule has 5 heteroatoms. The van der Waals surface area contributed by atoms with Crippen LogP contribution in [0.1, 0.15) is 0 Å². The monoisotopic (exact) mass is 218 g/mol. The lowest BCUT2D eigenvalue weighted by molar-refractivity contribution is 0.102. The zero-order valence-corrected chi connectivity index (χ0v) is 9.02. The van der Waals surface area contributed by atoms with Crippen LogP contribution in [0.25, 0.3) is 0 Å². The average molecular weight is 218 g/mol. The number of methoxy groups -OCH3 is 1. The maximum Gasteiger partial charge on any atom is 0.104 e. The largest absolute Gasteiger partial charge is 0.382 e. The summed E-state index contributed by atoms with van der Waals surface area (Å²) in [6, 6.07) is 0. The minimum Gasteiger partial charge on any atom is -0.382 e. The Balaban J connectivity index is 0.000000124. The predicted molar refractivity (Wildman–Crippen MR) is 51.9 cm³/mol. The Bertz CT molecular complexity index is 163. The summed E-state index contributed by atoms with van der Waals surface area (Å²) in [5, 5.41) is 0. The van der Waals surface area contributed by atoms with E-state index < -0.39 is 0 Å². The van der Waals surface area contributed by atoms with Gasteiger partial charge in [-0.25, -0.2) is 0 Å². The van der Waals surface area contributed by atoms with Crippen molar-refractivity contribution >= 4 is 0 Å². The van der Waals surface area contributed by atoms with Crippen molar-refractivity contribution in [2.24, 2.45) is 0 Å². The third-order valence-corrected chi connectivity index (χ3v) is 2.17. The lowest BCUT2D eigenvalue weighted by atomic mass is 10.5. The molecule has 3 aliphatic rings. The van der Waals surface area contributed by atoms with Crippen LogP contribution in [-0.4, -0.2) is 65.1 Å². The SMILES string of the molecule is C(OCC1CO1)C1CO1.COCC1CO1. The Labute approximate surface area is 89.6 Å². The lowest BCUT2D eigenvalue weighted by Crippen LogP contribution is -2.06. The van der Waals surface area contributed by atoms with E-state index in [9.17, 15) is 0 Å². The Morgan fingerprint density at radius 3 is 1.53 bits per heavy atom. The molecule has 5 nitrogen and oxygen atoms in total. The number of rotatable bonds is 6. The standard InChI is InChI=1S/C6H10O3.C4H8O2/c1(5-3-8-5)7-2-6-4-9-6;1-5-2-4-3-6-4/h5-6H,1-4H2;4H,2-3H2,1H3.